The molecule has 0 aromatic rings. The summed E-state index contributed by atoms with van der Waals surface area (Å²) in [6.45, 7) is 6.81. The van der Waals surface area contributed by atoms with E-state index in [0.29, 0.717) is 17.6 Å². The zero-order valence-corrected chi connectivity index (χ0v) is 9.51. The summed E-state index contributed by atoms with van der Waals surface area (Å²) in [7, 11) is 0. The summed E-state index contributed by atoms with van der Waals surface area (Å²) >= 11 is 0. The van der Waals surface area contributed by atoms with E-state index in [1.807, 2.05) is 0 Å². The summed E-state index contributed by atoms with van der Waals surface area (Å²) in [5, 5.41) is 3.71. The summed E-state index contributed by atoms with van der Waals surface area (Å²) in [6, 6.07) is 0. The summed E-state index contributed by atoms with van der Waals surface area (Å²) in [5.74, 6) is 0.688. The largest absolute Gasteiger partial charge is 0.376 e. The summed E-state index contributed by atoms with van der Waals surface area (Å²) in [4.78, 5) is 0. The van der Waals surface area contributed by atoms with Crippen molar-refractivity contribution in [2.45, 2.75) is 57.6 Å². The van der Waals surface area contributed by atoms with Gasteiger partial charge in [0.25, 0.3) is 0 Å². The fourth-order valence-electron chi connectivity index (χ4n) is 3.08. The molecule has 0 aliphatic carbocycles. The molecule has 2 nitrogen and oxygen atoms in total. The third-order valence-electron chi connectivity index (χ3n) is 4.01. The van der Waals surface area contributed by atoms with Gasteiger partial charge < -0.3 is 10.1 Å². The first-order chi connectivity index (χ1) is 6.76. The number of nitrogens with one attached hydrogen (secondary N) is 1. The lowest BCUT2D eigenvalue weighted by molar-refractivity contribution is -0.0549. The molecule has 2 heterocycles. The van der Waals surface area contributed by atoms with Gasteiger partial charge in [-0.15, -0.1) is 0 Å². The second kappa shape index (κ2) is 4.19. The Hall–Kier alpha value is -0.0800. The van der Waals surface area contributed by atoms with Gasteiger partial charge in [-0.25, -0.2) is 0 Å². The van der Waals surface area contributed by atoms with Crippen molar-refractivity contribution in [3.8, 4) is 0 Å². The zero-order valence-electron chi connectivity index (χ0n) is 9.51. The molecular formula is C12H23NO. The molecule has 14 heavy (non-hydrogen) atoms. The standard InChI is InChI=1S/C12H23NO/c1-10(2)12(7-5-8-13-12)11-6-3-4-9-14-11/h10-11,13H,3-9H2,1-2H3. The molecule has 1 N–H and O–H groups in total. The highest BCUT2D eigenvalue weighted by Crippen LogP contribution is 2.36. The molecule has 2 aliphatic heterocycles. The van der Waals surface area contributed by atoms with E-state index in [4.69, 9.17) is 4.74 Å². The molecular weight excluding hydrogens is 174 g/mol. The van der Waals surface area contributed by atoms with Crippen LogP contribution in [0.5, 0.6) is 0 Å². The van der Waals surface area contributed by atoms with Gasteiger partial charge in [0.05, 0.1) is 6.10 Å². The van der Waals surface area contributed by atoms with E-state index >= 15 is 0 Å². The van der Waals surface area contributed by atoms with E-state index in [2.05, 4.69) is 19.2 Å². The maximum atomic E-state index is 5.96. The van der Waals surface area contributed by atoms with Crippen molar-refractivity contribution in [3.05, 3.63) is 0 Å². The Morgan fingerprint density at radius 3 is 2.64 bits per heavy atom. The number of ether oxygens (including phenoxy) is 1. The van der Waals surface area contributed by atoms with Crippen LogP contribution in [-0.2, 0) is 4.74 Å². The number of rotatable bonds is 2. The minimum absolute atomic E-state index is 0.292. The molecule has 2 heteroatoms. The number of hydrogen-bond donors (Lipinski definition) is 1. The molecule has 0 radical (unpaired) electrons. The van der Waals surface area contributed by atoms with Gasteiger partial charge in [0.1, 0.15) is 0 Å². The maximum absolute atomic E-state index is 5.96. The first-order valence-corrected chi connectivity index (χ1v) is 6.12. The van der Waals surface area contributed by atoms with Crippen LogP contribution in [0, 0.1) is 5.92 Å². The molecule has 0 amide bonds. The molecule has 2 aliphatic rings. The van der Waals surface area contributed by atoms with Gasteiger partial charge in [-0.05, 0) is 44.6 Å². The lowest BCUT2D eigenvalue weighted by Gasteiger charge is -2.43. The topological polar surface area (TPSA) is 21.3 Å². The van der Waals surface area contributed by atoms with Crippen LogP contribution in [0.4, 0.5) is 0 Å². The molecule has 2 saturated heterocycles. The molecule has 0 saturated carbocycles. The van der Waals surface area contributed by atoms with E-state index in [0.717, 1.165) is 6.61 Å². The average molecular weight is 197 g/mol. The maximum Gasteiger partial charge on any atom is 0.0759 e. The predicted octanol–water partition coefficient (Wildman–Crippen LogP) is 2.33. The Morgan fingerprint density at radius 2 is 2.14 bits per heavy atom. The van der Waals surface area contributed by atoms with Crippen LogP contribution in [0.25, 0.3) is 0 Å². The van der Waals surface area contributed by atoms with Gasteiger partial charge in [0, 0.05) is 12.1 Å². The fourth-order valence-corrected chi connectivity index (χ4v) is 3.08. The van der Waals surface area contributed by atoms with Crippen molar-refractivity contribution in [1.29, 1.82) is 0 Å². The lowest BCUT2D eigenvalue weighted by atomic mass is 9.77. The van der Waals surface area contributed by atoms with Gasteiger partial charge in [0.2, 0.25) is 0 Å². The van der Waals surface area contributed by atoms with Crippen molar-refractivity contribution < 1.29 is 4.74 Å². The Bertz CT molecular complexity index is 179. The van der Waals surface area contributed by atoms with Crippen LogP contribution >= 0.6 is 0 Å². The van der Waals surface area contributed by atoms with E-state index in [1.165, 1.54) is 38.6 Å². The smallest absolute Gasteiger partial charge is 0.0759 e. The van der Waals surface area contributed by atoms with Crippen molar-refractivity contribution >= 4 is 0 Å². The molecule has 2 fully saturated rings. The van der Waals surface area contributed by atoms with Gasteiger partial charge in [-0.1, -0.05) is 13.8 Å². The zero-order chi connectivity index (χ0) is 10.0. The van der Waals surface area contributed by atoms with E-state index in [9.17, 15) is 0 Å². The highest BCUT2D eigenvalue weighted by molar-refractivity contribution is 5.02. The van der Waals surface area contributed by atoms with Crippen LogP contribution in [0.3, 0.4) is 0 Å². The molecule has 0 spiro atoms. The molecule has 2 atom stereocenters. The highest BCUT2D eigenvalue weighted by Gasteiger charge is 2.44. The molecule has 0 aromatic carbocycles. The SMILES string of the molecule is CC(C)C1(C2CCCCO2)CCCN1. The molecule has 82 valence electrons. The third-order valence-corrected chi connectivity index (χ3v) is 4.01. The summed E-state index contributed by atoms with van der Waals surface area (Å²) in [6.07, 6.45) is 6.95. The first kappa shape index (κ1) is 10.4. The fraction of sp³-hybridized carbons (Fsp3) is 1.00. The van der Waals surface area contributed by atoms with E-state index < -0.39 is 0 Å². The Morgan fingerprint density at radius 1 is 1.29 bits per heavy atom. The van der Waals surface area contributed by atoms with Crippen molar-refractivity contribution in [1.82, 2.24) is 5.32 Å². The van der Waals surface area contributed by atoms with E-state index in [-0.39, 0.29) is 0 Å². The average Bonchev–Trinajstić information content (AvgIpc) is 2.69. The molecule has 2 unspecified atom stereocenters. The lowest BCUT2D eigenvalue weighted by Crippen LogP contribution is -2.56. The summed E-state index contributed by atoms with van der Waals surface area (Å²) in [5.41, 5.74) is 0.292. The normalized spacial score (nSPS) is 39.2. The van der Waals surface area contributed by atoms with Gasteiger partial charge >= 0.3 is 0 Å². The third kappa shape index (κ3) is 1.70. The van der Waals surface area contributed by atoms with Crippen LogP contribution in [-0.4, -0.2) is 24.8 Å². The van der Waals surface area contributed by atoms with Gasteiger partial charge in [-0.3, -0.25) is 0 Å². The minimum atomic E-state index is 0.292. The Balaban J connectivity index is 2.08. The van der Waals surface area contributed by atoms with Crippen LogP contribution in [0.15, 0.2) is 0 Å². The van der Waals surface area contributed by atoms with Crippen LogP contribution in [0.2, 0.25) is 0 Å². The van der Waals surface area contributed by atoms with Gasteiger partial charge in [-0.2, -0.15) is 0 Å². The monoisotopic (exact) mass is 197 g/mol. The molecule has 2 rings (SSSR count). The van der Waals surface area contributed by atoms with Crippen LogP contribution < -0.4 is 5.32 Å². The second-order valence-electron chi connectivity index (χ2n) is 5.08. The van der Waals surface area contributed by atoms with Crippen molar-refractivity contribution in [3.63, 3.8) is 0 Å². The Kier molecular flexibility index (Phi) is 3.13. The van der Waals surface area contributed by atoms with Gasteiger partial charge in [0.15, 0.2) is 0 Å². The number of hydrogen-bond acceptors (Lipinski definition) is 2. The second-order valence-corrected chi connectivity index (χ2v) is 5.08. The highest BCUT2D eigenvalue weighted by atomic mass is 16.5. The summed E-state index contributed by atoms with van der Waals surface area (Å²) < 4.78 is 5.96. The predicted molar refractivity (Wildman–Crippen MR) is 58.4 cm³/mol. The van der Waals surface area contributed by atoms with Crippen molar-refractivity contribution in [2.75, 3.05) is 13.2 Å². The van der Waals surface area contributed by atoms with E-state index in [1.54, 1.807) is 0 Å². The van der Waals surface area contributed by atoms with Crippen LogP contribution in [0.1, 0.15) is 46.0 Å². The Labute approximate surface area is 87.4 Å². The molecule has 0 bridgehead atoms. The first-order valence-electron chi connectivity index (χ1n) is 6.12. The quantitative estimate of drug-likeness (QED) is 0.733. The van der Waals surface area contributed by atoms with Crippen molar-refractivity contribution in [2.24, 2.45) is 5.92 Å². The minimum Gasteiger partial charge on any atom is -0.376 e. The molecule has 0 aromatic heterocycles.